The van der Waals surface area contributed by atoms with Crippen molar-refractivity contribution in [3.05, 3.63) is 38.9 Å². The van der Waals surface area contributed by atoms with Crippen LogP contribution in [0.5, 0.6) is 0 Å². The van der Waals surface area contributed by atoms with E-state index in [0.717, 1.165) is 22.5 Å². The quantitative estimate of drug-likeness (QED) is 0.622. The van der Waals surface area contributed by atoms with Crippen LogP contribution in [0.25, 0.3) is 0 Å². The minimum atomic E-state index is 0.585. The summed E-state index contributed by atoms with van der Waals surface area (Å²) in [5.74, 6) is 1.62. The van der Waals surface area contributed by atoms with E-state index in [1.165, 1.54) is 16.4 Å². The van der Waals surface area contributed by atoms with E-state index < -0.39 is 0 Å². The van der Waals surface area contributed by atoms with E-state index in [9.17, 15) is 0 Å². The van der Waals surface area contributed by atoms with E-state index in [-0.39, 0.29) is 0 Å². The summed E-state index contributed by atoms with van der Waals surface area (Å²) in [4.78, 5) is 0. The van der Waals surface area contributed by atoms with Crippen molar-refractivity contribution < 1.29 is 0 Å². The fraction of sp³-hybridized carbons (Fsp3) is 0.385. The molecule has 2 aliphatic carbocycles. The Morgan fingerprint density at radius 1 is 1.38 bits per heavy atom. The summed E-state index contributed by atoms with van der Waals surface area (Å²) >= 11 is 8.49. The van der Waals surface area contributed by atoms with Gasteiger partial charge in [-0.05, 0) is 59.5 Å². The van der Waals surface area contributed by atoms with Gasteiger partial charge >= 0.3 is 0 Å². The lowest BCUT2D eigenvalue weighted by molar-refractivity contribution is 0.218. The lowest BCUT2D eigenvalue weighted by Crippen LogP contribution is -2.43. The van der Waals surface area contributed by atoms with Crippen molar-refractivity contribution >= 4 is 39.9 Å². The molecule has 1 saturated carbocycles. The van der Waals surface area contributed by atoms with Crippen LogP contribution in [-0.2, 0) is 0 Å². The normalized spacial score (nSPS) is 31.0. The predicted molar refractivity (Wildman–Crippen MR) is 76.9 cm³/mol. The zero-order chi connectivity index (χ0) is 11.1. The highest BCUT2D eigenvalue weighted by molar-refractivity contribution is 14.1. The Balaban J connectivity index is 1.73. The van der Waals surface area contributed by atoms with Crippen LogP contribution in [0.15, 0.2) is 30.4 Å². The number of fused-ring (bicyclic) bond motifs is 1. The summed E-state index contributed by atoms with van der Waals surface area (Å²) in [6.45, 7) is 0. The van der Waals surface area contributed by atoms with Gasteiger partial charge in [0.15, 0.2) is 0 Å². The Morgan fingerprint density at radius 2 is 2.25 bits per heavy atom. The lowest BCUT2D eigenvalue weighted by atomic mass is 9.71. The van der Waals surface area contributed by atoms with Crippen molar-refractivity contribution in [3.8, 4) is 0 Å². The largest absolute Gasteiger partial charge is 0.380 e. The molecule has 0 saturated heterocycles. The number of hydrogen-bond donors (Lipinski definition) is 1. The molecule has 84 valence electrons. The maximum Gasteiger partial charge on any atom is 0.0648 e. The Hall–Kier alpha value is -0.220. The van der Waals surface area contributed by atoms with Gasteiger partial charge < -0.3 is 5.32 Å². The van der Waals surface area contributed by atoms with Gasteiger partial charge in [-0.3, -0.25) is 0 Å². The average Bonchev–Trinajstić information content (AvgIpc) is 2.59. The summed E-state index contributed by atoms with van der Waals surface area (Å²) in [5, 5.41) is 4.39. The minimum Gasteiger partial charge on any atom is -0.380 e. The lowest BCUT2D eigenvalue weighted by Gasteiger charge is -2.41. The van der Waals surface area contributed by atoms with Crippen LogP contribution < -0.4 is 5.32 Å². The van der Waals surface area contributed by atoms with Crippen LogP contribution in [0.2, 0.25) is 5.02 Å². The fourth-order valence-electron chi connectivity index (χ4n) is 2.69. The molecule has 1 aromatic carbocycles. The molecule has 0 amide bonds. The predicted octanol–water partition coefficient (Wildman–Crippen LogP) is 4.32. The van der Waals surface area contributed by atoms with Crippen LogP contribution in [0.3, 0.4) is 0 Å². The first-order valence-electron chi connectivity index (χ1n) is 5.62. The van der Waals surface area contributed by atoms with Gasteiger partial charge in [0.2, 0.25) is 0 Å². The standard InChI is InChI=1S/C13H13ClIN/c14-11-7-9(15)4-5-12(11)16-13-6-8-2-1-3-10(8)13/h1,3-5,7-8,10,13,16H,2,6H2. The summed E-state index contributed by atoms with van der Waals surface area (Å²) < 4.78 is 1.18. The SMILES string of the molecule is Clc1cc(I)ccc1NC1CC2CC=CC21. The third kappa shape index (κ3) is 1.86. The molecule has 0 spiro atoms. The fourth-order valence-corrected chi connectivity index (χ4v) is 3.60. The molecule has 0 radical (unpaired) electrons. The number of allylic oxidation sites excluding steroid dienone is 1. The highest BCUT2D eigenvalue weighted by Gasteiger charge is 2.40. The second-order valence-electron chi connectivity index (χ2n) is 4.61. The molecular formula is C13H13ClIN. The molecule has 2 aliphatic rings. The van der Waals surface area contributed by atoms with E-state index in [4.69, 9.17) is 11.6 Å². The molecule has 0 aromatic heterocycles. The molecule has 3 atom stereocenters. The zero-order valence-electron chi connectivity index (χ0n) is 8.79. The van der Waals surface area contributed by atoms with Gasteiger partial charge in [-0.1, -0.05) is 23.8 Å². The van der Waals surface area contributed by atoms with E-state index >= 15 is 0 Å². The van der Waals surface area contributed by atoms with Gasteiger partial charge in [0, 0.05) is 15.5 Å². The number of rotatable bonds is 2. The topological polar surface area (TPSA) is 12.0 Å². The molecule has 3 heteroatoms. The van der Waals surface area contributed by atoms with Crippen molar-refractivity contribution in [1.29, 1.82) is 0 Å². The van der Waals surface area contributed by atoms with Crippen molar-refractivity contribution in [1.82, 2.24) is 0 Å². The molecule has 1 N–H and O–H groups in total. The molecule has 1 nitrogen and oxygen atoms in total. The summed E-state index contributed by atoms with van der Waals surface area (Å²) in [6.07, 6.45) is 7.21. The molecule has 3 rings (SSSR count). The van der Waals surface area contributed by atoms with Gasteiger partial charge in [0.25, 0.3) is 0 Å². The second kappa shape index (κ2) is 4.22. The summed E-state index contributed by atoms with van der Waals surface area (Å²) in [5.41, 5.74) is 1.07. The first-order valence-corrected chi connectivity index (χ1v) is 7.08. The Morgan fingerprint density at radius 3 is 3.00 bits per heavy atom. The number of benzene rings is 1. The van der Waals surface area contributed by atoms with Crippen LogP contribution in [-0.4, -0.2) is 6.04 Å². The smallest absolute Gasteiger partial charge is 0.0648 e. The minimum absolute atomic E-state index is 0.585. The Kier molecular flexibility index (Phi) is 2.88. The van der Waals surface area contributed by atoms with Crippen molar-refractivity contribution in [2.45, 2.75) is 18.9 Å². The molecule has 0 aliphatic heterocycles. The second-order valence-corrected chi connectivity index (χ2v) is 6.26. The van der Waals surface area contributed by atoms with Crippen LogP contribution in [0.1, 0.15) is 12.8 Å². The first kappa shape index (κ1) is 10.9. The third-order valence-corrected chi connectivity index (χ3v) is 4.62. The van der Waals surface area contributed by atoms with E-state index in [2.05, 4.69) is 52.2 Å². The Labute approximate surface area is 114 Å². The first-order chi connectivity index (χ1) is 7.74. The van der Waals surface area contributed by atoms with Gasteiger partial charge in [-0.25, -0.2) is 0 Å². The van der Waals surface area contributed by atoms with E-state index in [1.807, 2.05) is 6.07 Å². The Bertz CT molecular complexity index is 444. The van der Waals surface area contributed by atoms with E-state index in [1.54, 1.807) is 0 Å². The number of nitrogens with one attached hydrogen (secondary N) is 1. The van der Waals surface area contributed by atoms with Crippen LogP contribution in [0.4, 0.5) is 5.69 Å². The van der Waals surface area contributed by atoms with Crippen molar-refractivity contribution in [2.24, 2.45) is 11.8 Å². The number of halogens is 2. The molecular weight excluding hydrogens is 333 g/mol. The zero-order valence-corrected chi connectivity index (χ0v) is 11.7. The summed E-state index contributed by atoms with van der Waals surface area (Å²) in [6, 6.07) is 6.76. The third-order valence-electron chi connectivity index (χ3n) is 3.63. The maximum atomic E-state index is 6.21. The molecule has 1 aromatic rings. The molecule has 16 heavy (non-hydrogen) atoms. The van der Waals surface area contributed by atoms with Gasteiger partial charge in [-0.15, -0.1) is 0 Å². The van der Waals surface area contributed by atoms with Crippen molar-refractivity contribution in [2.75, 3.05) is 5.32 Å². The van der Waals surface area contributed by atoms with Gasteiger partial charge in [-0.2, -0.15) is 0 Å². The highest BCUT2D eigenvalue weighted by atomic mass is 127. The molecule has 0 heterocycles. The van der Waals surface area contributed by atoms with E-state index in [0.29, 0.717) is 6.04 Å². The van der Waals surface area contributed by atoms with Crippen molar-refractivity contribution in [3.63, 3.8) is 0 Å². The monoisotopic (exact) mass is 345 g/mol. The highest BCUT2D eigenvalue weighted by Crippen LogP contribution is 2.44. The van der Waals surface area contributed by atoms with Crippen LogP contribution >= 0.6 is 34.2 Å². The van der Waals surface area contributed by atoms with Crippen LogP contribution in [0, 0.1) is 15.4 Å². The van der Waals surface area contributed by atoms with Gasteiger partial charge in [0.1, 0.15) is 0 Å². The van der Waals surface area contributed by atoms with Gasteiger partial charge in [0.05, 0.1) is 10.7 Å². The molecule has 1 fully saturated rings. The summed E-state index contributed by atoms with van der Waals surface area (Å²) in [7, 11) is 0. The number of hydrogen-bond acceptors (Lipinski definition) is 1. The number of anilines is 1. The maximum absolute atomic E-state index is 6.21. The molecule has 3 unspecified atom stereocenters. The molecule has 0 bridgehead atoms. The average molecular weight is 346 g/mol.